The highest BCUT2D eigenvalue weighted by atomic mass is 35.5. The maximum atomic E-state index is 10.7. The lowest BCUT2D eigenvalue weighted by molar-refractivity contribution is 0.0695. The first-order valence-corrected chi connectivity index (χ1v) is 4.05. The molecule has 0 unspecified atom stereocenters. The van der Waals surface area contributed by atoms with E-state index in [-0.39, 0.29) is 12.1 Å². The van der Waals surface area contributed by atoms with E-state index < -0.39 is 5.97 Å². The molecule has 1 N–H and O–H groups in total. The number of benzene rings is 1. The van der Waals surface area contributed by atoms with E-state index in [1.54, 1.807) is 6.07 Å². The number of hydrogen-bond donors (Lipinski definition) is 1. The van der Waals surface area contributed by atoms with Gasteiger partial charge in [-0.1, -0.05) is 22.8 Å². The minimum absolute atomic E-state index is 0.00923. The Morgan fingerprint density at radius 2 is 2.36 bits per heavy atom. The summed E-state index contributed by atoms with van der Waals surface area (Å²) in [6, 6.07) is 4.41. The molecule has 0 aliphatic heterocycles. The molecule has 0 saturated heterocycles. The summed E-state index contributed by atoms with van der Waals surface area (Å²) in [6.45, 7) is 0.00923. The van der Waals surface area contributed by atoms with Crippen molar-refractivity contribution >= 4 is 17.6 Å². The summed E-state index contributed by atoms with van der Waals surface area (Å²) >= 11 is 5.63. The summed E-state index contributed by atoms with van der Waals surface area (Å²) < 4.78 is 0. The predicted octanol–water partition coefficient (Wildman–Crippen LogP) is 2.85. The highest BCUT2D eigenvalue weighted by Gasteiger charge is 2.09. The highest BCUT2D eigenvalue weighted by Crippen LogP contribution is 2.17. The summed E-state index contributed by atoms with van der Waals surface area (Å²) in [4.78, 5) is 13.3. The van der Waals surface area contributed by atoms with E-state index in [1.807, 2.05) is 0 Å². The number of halogens is 1. The summed E-state index contributed by atoms with van der Waals surface area (Å²) in [5.74, 6) is -1.09. The van der Waals surface area contributed by atoms with Crippen molar-refractivity contribution in [3.8, 4) is 0 Å². The van der Waals surface area contributed by atoms with Gasteiger partial charge in [-0.3, -0.25) is 0 Å². The molecule has 1 aromatic rings. The molecule has 0 aliphatic rings. The third-order valence-electron chi connectivity index (χ3n) is 1.61. The molecule has 0 spiro atoms. The second-order valence-corrected chi connectivity index (χ2v) is 2.93. The number of carboxylic acid groups (broad SMARTS) is 1. The van der Waals surface area contributed by atoms with Gasteiger partial charge in [0.25, 0.3) is 0 Å². The maximum Gasteiger partial charge on any atom is 0.336 e. The molecule has 0 saturated carbocycles. The lowest BCUT2D eigenvalue weighted by atomic mass is 10.1. The quantitative estimate of drug-likeness (QED) is 0.473. The van der Waals surface area contributed by atoms with Crippen LogP contribution < -0.4 is 0 Å². The molecule has 0 atom stereocenters. The molecule has 0 heterocycles. The Morgan fingerprint density at radius 1 is 1.64 bits per heavy atom. The van der Waals surface area contributed by atoms with Gasteiger partial charge in [-0.05, 0) is 23.2 Å². The number of nitrogens with zero attached hydrogens (tertiary/aromatic N) is 3. The van der Waals surface area contributed by atoms with E-state index in [4.69, 9.17) is 22.2 Å². The lowest BCUT2D eigenvalue weighted by Crippen LogP contribution is -2.01. The van der Waals surface area contributed by atoms with Crippen molar-refractivity contribution < 1.29 is 9.90 Å². The fourth-order valence-corrected chi connectivity index (χ4v) is 1.17. The molecule has 0 fully saturated rings. The van der Waals surface area contributed by atoms with Crippen molar-refractivity contribution in [3.05, 3.63) is 44.8 Å². The molecule has 1 aromatic carbocycles. The smallest absolute Gasteiger partial charge is 0.336 e. The van der Waals surface area contributed by atoms with Gasteiger partial charge in [0.15, 0.2) is 0 Å². The first-order valence-electron chi connectivity index (χ1n) is 3.67. The van der Waals surface area contributed by atoms with Crippen molar-refractivity contribution in [1.29, 1.82) is 0 Å². The van der Waals surface area contributed by atoms with Crippen molar-refractivity contribution in [3.63, 3.8) is 0 Å². The largest absolute Gasteiger partial charge is 0.478 e. The zero-order valence-corrected chi connectivity index (χ0v) is 7.77. The summed E-state index contributed by atoms with van der Waals surface area (Å²) in [5.41, 5.74) is 8.60. The van der Waals surface area contributed by atoms with Gasteiger partial charge in [0.1, 0.15) is 0 Å². The van der Waals surface area contributed by atoms with E-state index in [0.717, 1.165) is 0 Å². The van der Waals surface area contributed by atoms with Gasteiger partial charge >= 0.3 is 5.97 Å². The minimum Gasteiger partial charge on any atom is -0.478 e. The summed E-state index contributed by atoms with van der Waals surface area (Å²) in [6.07, 6.45) is 0. The molecule has 5 nitrogen and oxygen atoms in total. The molecule has 72 valence electrons. The van der Waals surface area contributed by atoms with E-state index >= 15 is 0 Å². The molecule has 6 heteroatoms. The topological polar surface area (TPSA) is 86.1 Å². The van der Waals surface area contributed by atoms with Gasteiger partial charge in [-0.2, -0.15) is 0 Å². The van der Waals surface area contributed by atoms with E-state index in [0.29, 0.717) is 10.6 Å². The van der Waals surface area contributed by atoms with Gasteiger partial charge in [0, 0.05) is 9.93 Å². The fraction of sp³-hybridized carbons (Fsp3) is 0.125. The van der Waals surface area contributed by atoms with Crippen molar-refractivity contribution in [2.45, 2.75) is 6.54 Å². The Hall–Kier alpha value is -1.71. The van der Waals surface area contributed by atoms with Crippen LogP contribution in [0.1, 0.15) is 15.9 Å². The Labute approximate surface area is 84.6 Å². The van der Waals surface area contributed by atoms with Crippen LogP contribution in [0.3, 0.4) is 0 Å². The predicted molar refractivity (Wildman–Crippen MR) is 51.3 cm³/mol. The van der Waals surface area contributed by atoms with Crippen LogP contribution >= 0.6 is 11.6 Å². The Bertz CT molecular complexity index is 413. The summed E-state index contributed by atoms with van der Waals surface area (Å²) in [7, 11) is 0. The normalized spacial score (nSPS) is 9.21. The average Bonchev–Trinajstić information content (AvgIpc) is 2.15. The molecule has 0 amide bonds. The first kappa shape index (κ1) is 10.4. The molecular formula is C8H6ClN3O2. The van der Waals surface area contributed by atoms with Crippen LogP contribution in [0.25, 0.3) is 10.4 Å². The van der Waals surface area contributed by atoms with Crippen LogP contribution in [0.15, 0.2) is 23.3 Å². The van der Waals surface area contributed by atoms with Crippen LogP contribution in [0, 0.1) is 0 Å². The molecular weight excluding hydrogens is 206 g/mol. The van der Waals surface area contributed by atoms with Gasteiger partial charge in [0.05, 0.1) is 12.1 Å². The second kappa shape index (κ2) is 4.50. The SMILES string of the molecule is [N-]=[N+]=NCc1ccc(Cl)cc1C(=O)O. The number of hydrogen-bond acceptors (Lipinski definition) is 2. The molecule has 0 aromatic heterocycles. The molecule has 0 aliphatic carbocycles. The van der Waals surface area contributed by atoms with E-state index in [1.165, 1.54) is 12.1 Å². The minimum atomic E-state index is -1.09. The van der Waals surface area contributed by atoms with Crippen molar-refractivity contribution in [2.75, 3.05) is 0 Å². The number of aromatic carboxylic acids is 1. The number of carboxylic acids is 1. The molecule has 0 radical (unpaired) electrons. The second-order valence-electron chi connectivity index (χ2n) is 2.50. The fourth-order valence-electron chi connectivity index (χ4n) is 0.993. The lowest BCUT2D eigenvalue weighted by Gasteiger charge is -2.02. The zero-order valence-electron chi connectivity index (χ0n) is 7.01. The van der Waals surface area contributed by atoms with Gasteiger partial charge in [-0.15, -0.1) is 0 Å². The van der Waals surface area contributed by atoms with E-state index in [2.05, 4.69) is 10.0 Å². The van der Waals surface area contributed by atoms with Crippen molar-refractivity contribution in [1.82, 2.24) is 0 Å². The highest BCUT2D eigenvalue weighted by molar-refractivity contribution is 6.30. The third-order valence-corrected chi connectivity index (χ3v) is 1.84. The van der Waals surface area contributed by atoms with Gasteiger partial charge < -0.3 is 5.11 Å². The van der Waals surface area contributed by atoms with Gasteiger partial charge in [-0.25, -0.2) is 4.79 Å². The van der Waals surface area contributed by atoms with E-state index in [9.17, 15) is 4.79 Å². The standard InChI is InChI=1S/C8H6ClN3O2/c9-6-2-1-5(4-11-12-10)7(3-6)8(13)14/h1-3H,4H2,(H,13,14). The van der Waals surface area contributed by atoms with Gasteiger partial charge in [0.2, 0.25) is 0 Å². The number of carbonyl (C=O) groups is 1. The van der Waals surface area contributed by atoms with Crippen LogP contribution in [0.5, 0.6) is 0 Å². The van der Waals surface area contributed by atoms with Crippen LogP contribution in [0.2, 0.25) is 5.02 Å². The monoisotopic (exact) mass is 211 g/mol. The maximum absolute atomic E-state index is 10.7. The van der Waals surface area contributed by atoms with Crippen LogP contribution in [0.4, 0.5) is 0 Å². The number of azide groups is 1. The van der Waals surface area contributed by atoms with Crippen molar-refractivity contribution in [2.24, 2.45) is 5.11 Å². The van der Waals surface area contributed by atoms with Crippen LogP contribution in [-0.4, -0.2) is 11.1 Å². The molecule has 14 heavy (non-hydrogen) atoms. The number of rotatable bonds is 3. The first-order chi connectivity index (χ1) is 6.65. The third kappa shape index (κ3) is 2.39. The molecule has 1 rings (SSSR count). The summed E-state index contributed by atoms with van der Waals surface area (Å²) in [5, 5.41) is 12.4. The zero-order chi connectivity index (χ0) is 10.6. The Balaban J connectivity index is 3.14. The Morgan fingerprint density at radius 3 is 2.93 bits per heavy atom. The molecule has 0 bridgehead atoms. The average molecular weight is 212 g/mol. The van der Waals surface area contributed by atoms with Crippen LogP contribution in [-0.2, 0) is 6.54 Å². The Kier molecular flexibility index (Phi) is 3.34.